The molecule has 4 heterocycles. The van der Waals surface area contributed by atoms with Crippen LogP contribution in [0.3, 0.4) is 0 Å². The Balaban J connectivity index is 1.54. The van der Waals surface area contributed by atoms with Crippen molar-refractivity contribution in [2.24, 2.45) is 0 Å². The molecule has 31 heavy (non-hydrogen) atoms. The van der Waals surface area contributed by atoms with Gasteiger partial charge in [0.2, 0.25) is 6.23 Å². The van der Waals surface area contributed by atoms with Crippen LogP contribution in [0, 0.1) is 0 Å². The molecule has 0 spiro atoms. The Kier molecular flexibility index (Phi) is 4.06. The summed E-state index contributed by atoms with van der Waals surface area (Å²) >= 11 is 6.34. The zero-order valence-electron chi connectivity index (χ0n) is 17.0. The molecule has 9 heteroatoms. The lowest BCUT2D eigenvalue weighted by atomic mass is 10.1. The first-order valence-electron chi connectivity index (χ1n) is 9.91. The van der Waals surface area contributed by atoms with E-state index in [-0.39, 0.29) is 6.23 Å². The highest BCUT2D eigenvalue weighted by Crippen LogP contribution is 2.43. The van der Waals surface area contributed by atoms with Gasteiger partial charge in [-0.2, -0.15) is 0 Å². The van der Waals surface area contributed by atoms with E-state index in [4.69, 9.17) is 26.1 Å². The molecule has 0 amide bonds. The third-order valence-electron chi connectivity index (χ3n) is 5.84. The number of rotatable bonds is 3. The highest BCUT2D eigenvalue weighted by Gasteiger charge is 2.35. The molecule has 2 aromatic heterocycles. The lowest BCUT2D eigenvalue weighted by Crippen LogP contribution is -2.24. The molecule has 1 atom stereocenters. The van der Waals surface area contributed by atoms with Crippen molar-refractivity contribution in [1.29, 1.82) is 0 Å². The topological polar surface area (TPSA) is 70.2 Å². The van der Waals surface area contributed by atoms with Crippen LogP contribution in [0.5, 0.6) is 5.75 Å². The number of methoxy groups -OCH3 is 1. The number of halogens is 1. The normalized spacial score (nSPS) is 16.2. The number of anilines is 1. The van der Waals surface area contributed by atoms with Crippen LogP contribution in [0.2, 0.25) is 5.02 Å². The summed E-state index contributed by atoms with van der Waals surface area (Å²) in [6.45, 7) is 0.893. The maximum absolute atomic E-state index is 6.34. The number of para-hydroxylation sites is 2. The fraction of sp³-hybridized carbons (Fsp3) is 0.227. The van der Waals surface area contributed by atoms with Gasteiger partial charge >= 0.3 is 0 Å². The summed E-state index contributed by atoms with van der Waals surface area (Å²) in [4.78, 5) is 6.89. The molecule has 0 aliphatic carbocycles. The molecule has 8 nitrogen and oxygen atoms in total. The number of nitrogens with zero attached hydrogens (tertiary/aromatic N) is 6. The zero-order chi connectivity index (χ0) is 21.1. The largest absolute Gasteiger partial charge is 0.462 e. The highest BCUT2D eigenvalue weighted by molar-refractivity contribution is 6.31. The van der Waals surface area contributed by atoms with Gasteiger partial charge in [-0.3, -0.25) is 0 Å². The van der Waals surface area contributed by atoms with Gasteiger partial charge in [0.1, 0.15) is 24.4 Å². The molecule has 0 N–H and O–H groups in total. The van der Waals surface area contributed by atoms with E-state index in [0.29, 0.717) is 18.2 Å². The number of benzene rings is 2. The molecule has 1 unspecified atom stereocenters. The molecular weight excluding hydrogens is 416 g/mol. The maximum atomic E-state index is 6.34. The average molecular weight is 435 g/mol. The van der Waals surface area contributed by atoms with Gasteiger partial charge in [0.15, 0.2) is 11.6 Å². The summed E-state index contributed by atoms with van der Waals surface area (Å²) in [6.07, 6.45) is 1.52. The molecule has 0 bridgehead atoms. The molecule has 2 aliphatic heterocycles. The number of aromatic nitrogens is 5. The Bertz CT molecular complexity index is 1310. The fourth-order valence-corrected chi connectivity index (χ4v) is 4.53. The predicted octanol–water partition coefficient (Wildman–Crippen LogP) is 3.82. The summed E-state index contributed by atoms with van der Waals surface area (Å²) < 4.78 is 15.8. The first-order chi connectivity index (χ1) is 15.2. The quantitative estimate of drug-likeness (QED) is 0.430. The van der Waals surface area contributed by atoms with E-state index in [9.17, 15) is 0 Å². The van der Waals surface area contributed by atoms with Gasteiger partial charge in [-0.1, -0.05) is 23.7 Å². The minimum Gasteiger partial charge on any atom is -0.462 e. The van der Waals surface area contributed by atoms with Crippen LogP contribution >= 0.6 is 11.6 Å². The Morgan fingerprint density at radius 1 is 1.16 bits per heavy atom. The molecule has 6 rings (SSSR count). The predicted molar refractivity (Wildman–Crippen MR) is 116 cm³/mol. The molecule has 0 saturated carbocycles. The van der Waals surface area contributed by atoms with Crippen molar-refractivity contribution >= 4 is 17.3 Å². The number of hydrogen-bond acceptors (Lipinski definition) is 6. The number of ether oxygens (including phenoxy) is 2. The van der Waals surface area contributed by atoms with Crippen molar-refractivity contribution in [2.75, 3.05) is 19.1 Å². The van der Waals surface area contributed by atoms with Crippen molar-refractivity contribution in [3.63, 3.8) is 0 Å². The third kappa shape index (κ3) is 2.68. The Hall–Kier alpha value is -3.36. The van der Waals surface area contributed by atoms with Gasteiger partial charge in [0.05, 0.1) is 23.6 Å². The maximum Gasteiger partial charge on any atom is 0.217 e. The number of hydrogen-bond donors (Lipinski definition) is 0. The molecule has 2 aromatic carbocycles. The van der Waals surface area contributed by atoms with Crippen molar-refractivity contribution in [3.8, 4) is 22.8 Å². The molecular formula is C22H19ClN6O2. The standard InChI is InChI=1S/C22H19ClN6O2/c1-27-16-5-3-4-6-18(16)31-22(27)20-17-10-28-19(11-30-2)25-26-21(28)14-9-13(23)7-8-15(14)29(17)12-24-20/h3-9,12,22H,10-11H2,1-2H3. The summed E-state index contributed by atoms with van der Waals surface area (Å²) in [5.41, 5.74) is 4.74. The summed E-state index contributed by atoms with van der Waals surface area (Å²) in [5, 5.41) is 9.46. The Morgan fingerprint density at radius 3 is 2.87 bits per heavy atom. The van der Waals surface area contributed by atoms with Crippen LogP contribution in [0.15, 0.2) is 48.8 Å². The summed E-state index contributed by atoms with van der Waals surface area (Å²) in [5.74, 6) is 2.35. The lowest BCUT2D eigenvalue weighted by molar-refractivity contribution is 0.174. The first kappa shape index (κ1) is 18.4. The van der Waals surface area contributed by atoms with Crippen LogP contribution < -0.4 is 9.64 Å². The van der Waals surface area contributed by atoms with Gasteiger partial charge in [-0.15, -0.1) is 10.2 Å². The van der Waals surface area contributed by atoms with Gasteiger partial charge in [-0.05, 0) is 30.3 Å². The smallest absolute Gasteiger partial charge is 0.217 e. The number of fused-ring (bicyclic) bond motifs is 6. The minimum atomic E-state index is -0.326. The van der Waals surface area contributed by atoms with Crippen molar-refractivity contribution < 1.29 is 9.47 Å². The van der Waals surface area contributed by atoms with E-state index >= 15 is 0 Å². The third-order valence-corrected chi connectivity index (χ3v) is 6.07. The highest BCUT2D eigenvalue weighted by atomic mass is 35.5. The second-order valence-electron chi connectivity index (χ2n) is 7.62. The zero-order valence-corrected chi connectivity index (χ0v) is 17.7. The van der Waals surface area contributed by atoms with E-state index in [0.717, 1.165) is 45.7 Å². The molecule has 0 radical (unpaired) electrons. The monoisotopic (exact) mass is 434 g/mol. The van der Waals surface area contributed by atoms with E-state index in [1.807, 2.05) is 49.8 Å². The van der Waals surface area contributed by atoms with Crippen LogP contribution in [-0.2, 0) is 17.9 Å². The van der Waals surface area contributed by atoms with E-state index in [1.165, 1.54) is 0 Å². The second-order valence-corrected chi connectivity index (χ2v) is 8.05. The lowest BCUT2D eigenvalue weighted by Gasteiger charge is -2.20. The van der Waals surface area contributed by atoms with Gasteiger partial charge in [0.25, 0.3) is 0 Å². The summed E-state index contributed by atoms with van der Waals surface area (Å²) in [7, 11) is 3.67. The van der Waals surface area contributed by atoms with E-state index < -0.39 is 0 Å². The van der Waals surface area contributed by atoms with Crippen LogP contribution in [0.25, 0.3) is 17.1 Å². The minimum absolute atomic E-state index is 0.326. The second kappa shape index (κ2) is 6.83. The first-order valence-corrected chi connectivity index (χ1v) is 10.3. The molecule has 0 fully saturated rings. The van der Waals surface area contributed by atoms with E-state index in [1.54, 1.807) is 7.11 Å². The van der Waals surface area contributed by atoms with Crippen molar-refractivity contribution in [2.45, 2.75) is 19.4 Å². The van der Waals surface area contributed by atoms with Crippen LogP contribution in [-0.4, -0.2) is 38.5 Å². The molecule has 4 aromatic rings. The molecule has 156 valence electrons. The fourth-order valence-electron chi connectivity index (χ4n) is 4.36. The van der Waals surface area contributed by atoms with Gasteiger partial charge < -0.3 is 23.5 Å². The van der Waals surface area contributed by atoms with Crippen LogP contribution in [0.1, 0.15) is 23.4 Å². The van der Waals surface area contributed by atoms with E-state index in [2.05, 4.69) is 30.3 Å². The average Bonchev–Trinajstić information content (AvgIpc) is 3.43. The number of imidazole rings is 1. The SMILES string of the molecule is COCc1nnc2n1Cc1c(C3Oc4ccccc4N3C)ncn1-c1ccc(Cl)cc1-2. The van der Waals surface area contributed by atoms with Gasteiger partial charge in [0, 0.05) is 24.7 Å². The van der Waals surface area contributed by atoms with Crippen LogP contribution in [0.4, 0.5) is 5.69 Å². The van der Waals surface area contributed by atoms with Crippen molar-refractivity contribution in [3.05, 3.63) is 71.0 Å². The van der Waals surface area contributed by atoms with Crippen molar-refractivity contribution in [1.82, 2.24) is 24.3 Å². The molecule has 2 aliphatic rings. The Morgan fingerprint density at radius 2 is 2.03 bits per heavy atom. The van der Waals surface area contributed by atoms with Gasteiger partial charge in [-0.25, -0.2) is 4.98 Å². The summed E-state index contributed by atoms with van der Waals surface area (Å²) in [6, 6.07) is 13.8. The molecule has 0 saturated heterocycles. The Labute approximate surface area is 183 Å².